The summed E-state index contributed by atoms with van der Waals surface area (Å²) in [5, 5.41) is 4.10. The lowest BCUT2D eigenvalue weighted by atomic mass is 9.94. The second kappa shape index (κ2) is 10.2. The highest BCUT2D eigenvalue weighted by Gasteiger charge is 2.28. The van der Waals surface area contributed by atoms with Crippen LogP contribution in [0.3, 0.4) is 0 Å². The van der Waals surface area contributed by atoms with E-state index < -0.39 is 0 Å². The van der Waals surface area contributed by atoms with E-state index in [0.717, 1.165) is 32.6 Å². The van der Waals surface area contributed by atoms with E-state index in [4.69, 9.17) is 23.2 Å². The highest BCUT2D eigenvalue weighted by atomic mass is 35.5. The van der Waals surface area contributed by atoms with Crippen LogP contribution in [0.1, 0.15) is 31.9 Å². The van der Waals surface area contributed by atoms with Gasteiger partial charge in [-0.25, -0.2) is 4.39 Å². The second-order valence-electron chi connectivity index (χ2n) is 5.69. The number of benzene rings is 1. The first-order chi connectivity index (χ1) is 9.50. The summed E-state index contributed by atoms with van der Waals surface area (Å²) in [5.74, 6) is 0.202. The molecule has 1 aromatic carbocycles. The van der Waals surface area contributed by atoms with E-state index in [2.05, 4.69) is 24.1 Å². The molecule has 0 amide bonds. The van der Waals surface area contributed by atoms with Crippen molar-refractivity contribution < 1.29 is 4.39 Å². The van der Waals surface area contributed by atoms with E-state index in [0.29, 0.717) is 21.5 Å². The smallest absolute Gasteiger partial charge is 0.129 e. The Labute approximate surface area is 154 Å². The van der Waals surface area contributed by atoms with Crippen LogP contribution in [-0.4, -0.2) is 31.1 Å². The van der Waals surface area contributed by atoms with E-state index in [1.807, 2.05) is 0 Å². The Morgan fingerprint density at radius 1 is 1.18 bits per heavy atom. The SMILES string of the molecule is CC(C)C[C@@H](c1c(F)ccc(Cl)c1Cl)N1CCNCC1.Cl.Cl. The summed E-state index contributed by atoms with van der Waals surface area (Å²) >= 11 is 12.4. The topological polar surface area (TPSA) is 15.3 Å². The summed E-state index contributed by atoms with van der Waals surface area (Å²) in [4.78, 5) is 2.30. The van der Waals surface area contributed by atoms with E-state index in [1.54, 1.807) is 0 Å². The van der Waals surface area contributed by atoms with Crippen molar-refractivity contribution in [2.45, 2.75) is 26.3 Å². The molecule has 0 radical (unpaired) electrons. The normalized spacial score (nSPS) is 16.8. The van der Waals surface area contributed by atoms with E-state index >= 15 is 0 Å². The molecule has 0 saturated carbocycles. The second-order valence-corrected chi connectivity index (χ2v) is 6.47. The number of piperazine rings is 1. The minimum absolute atomic E-state index is 0. The van der Waals surface area contributed by atoms with E-state index in [-0.39, 0.29) is 36.7 Å². The molecule has 7 heteroatoms. The third-order valence-corrected chi connectivity index (χ3v) is 4.52. The van der Waals surface area contributed by atoms with Crippen molar-refractivity contribution in [2.24, 2.45) is 5.92 Å². The van der Waals surface area contributed by atoms with Gasteiger partial charge in [-0.3, -0.25) is 4.90 Å². The summed E-state index contributed by atoms with van der Waals surface area (Å²) in [7, 11) is 0. The molecule has 0 aromatic heterocycles. The zero-order valence-corrected chi connectivity index (χ0v) is 15.9. The zero-order valence-electron chi connectivity index (χ0n) is 12.7. The molecule has 2 rings (SSSR count). The summed E-state index contributed by atoms with van der Waals surface area (Å²) in [6.45, 7) is 7.94. The summed E-state index contributed by atoms with van der Waals surface area (Å²) < 4.78 is 14.3. The van der Waals surface area contributed by atoms with Crippen LogP contribution in [0.15, 0.2) is 12.1 Å². The van der Waals surface area contributed by atoms with Gasteiger partial charge in [0.05, 0.1) is 10.0 Å². The first-order valence-electron chi connectivity index (χ1n) is 7.09. The Kier molecular flexibility index (Phi) is 10.3. The fourth-order valence-corrected chi connectivity index (χ4v) is 3.18. The number of nitrogens with zero attached hydrogens (tertiary/aromatic N) is 1. The van der Waals surface area contributed by atoms with Gasteiger partial charge in [0.1, 0.15) is 5.82 Å². The molecule has 1 N–H and O–H groups in total. The van der Waals surface area contributed by atoms with Crippen LogP contribution >= 0.6 is 48.0 Å². The number of hydrogen-bond acceptors (Lipinski definition) is 2. The van der Waals surface area contributed by atoms with Gasteiger partial charge < -0.3 is 5.32 Å². The van der Waals surface area contributed by atoms with Gasteiger partial charge in [-0.2, -0.15) is 0 Å². The third-order valence-electron chi connectivity index (χ3n) is 3.70. The standard InChI is InChI=1S/C15H21Cl2FN2.2ClH/c1-10(2)9-13(20-7-5-19-6-8-20)14-12(18)4-3-11(16)15(14)17;;/h3-4,10,13,19H,5-9H2,1-2H3;2*1H/t13-;;/m0../s1. The average Bonchev–Trinajstić information content (AvgIpc) is 2.43. The summed E-state index contributed by atoms with van der Waals surface area (Å²) in [5.41, 5.74) is 0.551. The number of nitrogens with one attached hydrogen (secondary N) is 1. The summed E-state index contributed by atoms with van der Waals surface area (Å²) in [6, 6.07) is 2.93. The molecule has 1 atom stereocenters. The van der Waals surface area contributed by atoms with Gasteiger partial charge in [-0.1, -0.05) is 37.0 Å². The van der Waals surface area contributed by atoms with Crippen molar-refractivity contribution in [2.75, 3.05) is 26.2 Å². The van der Waals surface area contributed by atoms with Gasteiger partial charge in [-0.15, -0.1) is 24.8 Å². The van der Waals surface area contributed by atoms with Gasteiger partial charge in [0, 0.05) is 37.8 Å². The van der Waals surface area contributed by atoms with Crippen molar-refractivity contribution in [3.05, 3.63) is 33.6 Å². The molecule has 22 heavy (non-hydrogen) atoms. The molecule has 1 aromatic rings. The molecule has 1 aliphatic rings. The Morgan fingerprint density at radius 3 is 2.32 bits per heavy atom. The molecule has 0 spiro atoms. The molecule has 0 unspecified atom stereocenters. The van der Waals surface area contributed by atoms with Gasteiger partial charge in [0.2, 0.25) is 0 Å². The number of hydrogen-bond donors (Lipinski definition) is 1. The van der Waals surface area contributed by atoms with Crippen LogP contribution in [-0.2, 0) is 0 Å². The van der Waals surface area contributed by atoms with Gasteiger partial charge >= 0.3 is 0 Å². The molecule has 1 heterocycles. The van der Waals surface area contributed by atoms with Crippen molar-refractivity contribution in [3.8, 4) is 0 Å². The van der Waals surface area contributed by atoms with Crippen molar-refractivity contribution in [3.63, 3.8) is 0 Å². The van der Waals surface area contributed by atoms with Gasteiger partial charge in [0.25, 0.3) is 0 Å². The quantitative estimate of drug-likeness (QED) is 0.729. The Balaban J connectivity index is 0.00000220. The maximum atomic E-state index is 14.3. The van der Waals surface area contributed by atoms with Crippen LogP contribution in [0.5, 0.6) is 0 Å². The van der Waals surface area contributed by atoms with Gasteiger partial charge in [-0.05, 0) is 24.5 Å². The maximum absolute atomic E-state index is 14.3. The molecule has 0 bridgehead atoms. The Morgan fingerprint density at radius 2 is 1.77 bits per heavy atom. The van der Waals surface area contributed by atoms with Crippen LogP contribution < -0.4 is 5.32 Å². The maximum Gasteiger partial charge on any atom is 0.129 e. The monoisotopic (exact) mass is 390 g/mol. The fraction of sp³-hybridized carbons (Fsp3) is 0.600. The predicted octanol–water partition coefficient (Wildman–Crippen LogP) is 4.97. The average molecular weight is 392 g/mol. The zero-order chi connectivity index (χ0) is 14.7. The molecule has 2 nitrogen and oxygen atoms in total. The summed E-state index contributed by atoms with van der Waals surface area (Å²) in [6.07, 6.45) is 0.872. The molecule has 0 aliphatic carbocycles. The highest BCUT2D eigenvalue weighted by molar-refractivity contribution is 6.42. The Hall–Kier alpha value is 0.230. The molecular weight excluding hydrogens is 369 g/mol. The van der Waals surface area contributed by atoms with E-state index in [1.165, 1.54) is 12.1 Å². The lowest BCUT2D eigenvalue weighted by Crippen LogP contribution is -2.45. The largest absolute Gasteiger partial charge is 0.314 e. The van der Waals surface area contributed by atoms with Crippen molar-refractivity contribution in [1.29, 1.82) is 0 Å². The molecular formula is C15H23Cl4FN2. The fourth-order valence-electron chi connectivity index (χ4n) is 2.74. The van der Waals surface area contributed by atoms with E-state index in [9.17, 15) is 4.39 Å². The number of halogens is 5. The third kappa shape index (κ3) is 5.40. The van der Waals surface area contributed by atoms with Gasteiger partial charge in [0.15, 0.2) is 0 Å². The van der Waals surface area contributed by atoms with Crippen LogP contribution in [0.25, 0.3) is 0 Å². The van der Waals surface area contributed by atoms with Crippen LogP contribution in [0.4, 0.5) is 4.39 Å². The number of rotatable bonds is 4. The first kappa shape index (κ1) is 22.2. The minimum Gasteiger partial charge on any atom is -0.314 e. The Bertz CT molecular complexity index is 465. The highest BCUT2D eigenvalue weighted by Crippen LogP contribution is 2.38. The minimum atomic E-state index is -0.261. The molecule has 128 valence electrons. The van der Waals surface area contributed by atoms with Crippen molar-refractivity contribution >= 4 is 48.0 Å². The van der Waals surface area contributed by atoms with Crippen LogP contribution in [0, 0.1) is 11.7 Å². The first-order valence-corrected chi connectivity index (χ1v) is 7.84. The lowest BCUT2D eigenvalue weighted by molar-refractivity contribution is 0.151. The lowest BCUT2D eigenvalue weighted by Gasteiger charge is -2.36. The molecule has 1 fully saturated rings. The molecule has 1 saturated heterocycles. The van der Waals surface area contributed by atoms with Crippen LogP contribution in [0.2, 0.25) is 10.0 Å². The van der Waals surface area contributed by atoms with Crippen molar-refractivity contribution in [1.82, 2.24) is 10.2 Å². The molecule has 1 aliphatic heterocycles. The predicted molar refractivity (Wildman–Crippen MR) is 97.6 cm³/mol.